The van der Waals surface area contributed by atoms with Crippen molar-refractivity contribution in [1.82, 2.24) is 5.06 Å². The molecule has 18 heavy (non-hydrogen) atoms. The Labute approximate surface area is 106 Å². The minimum absolute atomic E-state index is 0.00753. The Morgan fingerprint density at radius 1 is 1.39 bits per heavy atom. The molecule has 1 amide bonds. The number of rotatable bonds is 4. The zero-order chi connectivity index (χ0) is 12.8. The van der Waals surface area contributed by atoms with Gasteiger partial charge in [-0.25, -0.2) is 9.90 Å². The molecule has 1 atom stereocenters. The molecule has 0 spiro atoms. The third kappa shape index (κ3) is 3.29. The molecule has 2 N–H and O–H groups in total. The van der Waals surface area contributed by atoms with Crippen LogP contribution in [0.3, 0.4) is 0 Å². The van der Waals surface area contributed by atoms with E-state index in [9.17, 15) is 4.79 Å². The standard InChI is InChI=1S/C13H18N2O3/c14-10-15(18-12-8-4-5-9-17-12)13(16)11-6-2-1-3-7-11/h1-3,6-7,12H,4-5,8-10,14H2. The van der Waals surface area contributed by atoms with E-state index in [1.165, 1.54) is 0 Å². The van der Waals surface area contributed by atoms with Crippen molar-refractivity contribution in [2.45, 2.75) is 25.6 Å². The number of amides is 1. The fourth-order valence-electron chi connectivity index (χ4n) is 1.83. The van der Waals surface area contributed by atoms with Gasteiger partial charge in [-0.05, 0) is 25.0 Å². The lowest BCUT2D eigenvalue weighted by Gasteiger charge is -2.28. The molecular formula is C13H18N2O3. The molecule has 98 valence electrons. The smallest absolute Gasteiger partial charge is 0.278 e. The normalized spacial score (nSPS) is 19.5. The van der Waals surface area contributed by atoms with E-state index in [1.54, 1.807) is 24.3 Å². The average molecular weight is 250 g/mol. The summed E-state index contributed by atoms with van der Waals surface area (Å²) in [7, 11) is 0. The highest BCUT2D eigenvalue weighted by molar-refractivity contribution is 5.93. The first-order valence-corrected chi connectivity index (χ1v) is 6.16. The van der Waals surface area contributed by atoms with Crippen LogP contribution in [0.25, 0.3) is 0 Å². The van der Waals surface area contributed by atoms with Gasteiger partial charge in [-0.3, -0.25) is 4.79 Å². The molecule has 0 aliphatic carbocycles. The van der Waals surface area contributed by atoms with Crippen molar-refractivity contribution in [2.75, 3.05) is 13.3 Å². The van der Waals surface area contributed by atoms with Gasteiger partial charge in [0.15, 0.2) is 6.29 Å². The van der Waals surface area contributed by atoms with Crippen molar-refractivity contribution in [3.63, 3.8) is 0 Å². The van der Waals surface area contributed by atoms with E-state index in [-0.39, 0.29) is 18.9 Å². The average Bonchev–Trinajstić information content (AvgIpc) is 2.46. The monoisotopic (exact) mass is 250 g/mol. The van der Waals surface area contributed by atoms with Gasteiger partial charge in [-0.1, -0.05) is 18.2 Å². The largest absolute Gasteiger partial charge is 0.350 e. The maximum atomic E-state index is 12.1. The summed E-state index contributed by atoms with van der Waals surface area (Å²) in [5.41, 5.74) is 6.11. The molecule has 0 bridgehead atoms. The van der Waals surface area contributed by atoms with Crippen molar-refractivity contribution in [1.29, 1.82) is 0 Å². The summed E-state index contributed by atoms with van der Waals surface area (Å²) in [5, 5.41) is 1.16. The summed E-state index contributed by atoms with van der Waals surface area (Å²) in [5.74, 6) is -0.243. The van der Waals surface area contributed by atoms with Crippen LogP contribution in [-0.2, 0) is 9.57 Å². The van der Waals surface area contributed by atoms with Crippen molar-refractivity contribution >= 4 is 5.91 Å². The zero-order valence-corrected chi connectivity index (χ0v) is 10.2. The van der Waals surface area contributed by atoms with E-state index in [0.717, 1.165) is 24.3 Å². The first-order chi connectivity index (χ1) is 8.81. The van der Waals surface area contributed by atoms with Crippen molar-refractivity contribution < 1.29 is 14.4 Å². The van der Waals surface area contributed by atoms with Gasteiger partial charge in [0.25, 0.3) is 5.91 Å². The Hall–Kier alpha value is -1.43. The SMILES string of the molecule is NCN(OC1CCCCO1)C(=O)c1ccccc1. The molecular weight excluding hydrogens is 232 g/mol. The van der Waals surface area contributed by atoms with Crippen LogP contribution in [0.1, 0.15) is 29.6 Å². The summed E-state index contributed by atoms with van der Waals surface area (Å²) in [6.45, 7) is 0.677. The van der Waals surface area contributed by atoms with Crippen molar-refractivity contribution in [2.24, 2.45) is 5.73 Å². The molecule has 0 radical (unpaired) electrons. The number of hydroxylamine groups is 2. The summed E-state index contributed by atoms with van der Waals surface area (Å²) in [6, 6.07) is 8.93. The summed E-state index contributed by atoms with van der Waals surface area (Å²) < 4.78 is 5.42. The highest BCUT2D eigenvalue weighted by atomic mass is 16.8. The van der Waals surface area contributed by atoms with Crippen LogP contribution >= 0.6 is 0 Å². The predicted molar refractivity (Wildman–Crippen MR) is 66.3 cm³/mol. The summed E-state index contributed by atoms with van der Waals surface area (Å²) in [6.07, 6.45) is 2.51. The Morgan fingerprint density at radius 3 is 2.78 bits per heavy atom. The lowest BCUT2D eigenvalue weighted by atomic mass is 10.2. The second-order valence-electron chi connectivity index (χ2n) is 4.13. The quantitative estimate of drug-likeness (QED) is 0.649. The fraction of sp³-hybridized carbons (Fsp3) is 0.462. The second-order valence-corrected chi connectivity index (χ2v) is 4.13. The second kappa shape index (κ2) is 6.49. The Kier molecular flexibility index (Phi) is 4.69. The number of nitrogens with two attached hydrogens (primary N) is 1. The number of benzene rings is 1. The Morgan fingerprint density at radius 2 is 2.17 bits per heavy atom. The number of ether oxygens (including phenoxy) is 1. The lowest BCUT2D eigenvalue weighted by molar-refractivity contribution is -0.266. The number of nitrogens with zero attached hydrogens (tertiary/aromatic N) is 1. The first-order valence-electron chi connectivity index (χ1n) is 6.16. The molecule has 0 saturated carbocycles. The minimum Gasteiger partial charge on any atom is -0.350 e. The topological polar surface area (TPSA) is 64.8 Å². The Bertz CT molecular complexity index is 377. The van der Waals surface area contributed by atoms with Crippen LogP contribution in [0.15, 0.2) is 30.3 Å². The van der Waals surface area contributed by atoms with Crippen molar-refractivity contribution in [3.8, 4) is 0 Å². The summed E-state index contributed by atoms with van der Waals surface area (Å²) >= 11 is 0. The highest BCUT2D eigenvalue weighted by Gasteiger charge is 2.22. The first kappa shape index (κ1) is 13.0. The van der Waals surface area contributed by atoms with Gasteiger partial charge in [-0.2, -0.15) is 0 Å². The number of carbonyl (C=O) groups is 1. The van der Waals surface area contributed by atoms with E-state index in [2.05, 4.69) is 0 Å². The molecule has 2 rings (SSSR count). The molecule has 1 fully saturated rings. The van der Waals surface area contributed by atoms with Gasteiger partial charge < -0.3 is 10.5 Å². The van der Waals surface area contributed by atoms with E-state index in [4.69, 9.17) is 15.3 Å². The molecule has 1 unspecified atom stereocenters. The predicted octanol–water partition coefficient (Wildman–Crippen LogP) is 1.50. The maximum Gasteiger partial charge on any atom is 0.278 e. The van der Waals surface area contributed by atoms with Crippen LogP contribution in [0.4, 0.5) is 0 Å². The molecule has 1 aliphatic rings. The number of carbonyl (C=O) groups excluding carboxylic acids is 1. The molecule has 1 aromatic carbocycles. The van der Waals surface area contributed by atoms with Crippen LogP contribution < -0.4 is 5.73 Å². The van der Waals surface area contributed by atoms with E-state index in [0.29, 0.717) is 12.2 Å². The Balaban J connectivity index is 1.97. The van der Waals surface area contributed by atoms with E-state index >= 15 is 0 Å². The molecule has 1 aliphatic heterocycles. The van der Waals surface area contributed by atoms with Gasteiger partial charge >= 0.3 is 0 Å². The molecule has 1 saturated heterocycles. The van der Waals surface area contributed by atoms with Gasteiger partial charge in [0.2, 0.25) is 0 Å². The van der Waals surface area contributed by atoms with E-state index in [1.807, 2.05) is 6.07 Å². The molecule has 5 nitrogen and oxygen atoms in total. The minimum atomic E-state index is -0.366. The van der Waals surface area contributed by atoms with Crippen LogP contribution in [0.2, 0.25) is 0 Å². The van der Waals surface area contributed by atoms with Gasteiger partial charge in [0.1, 0.15) is 0 Å². The number of hydrogen-bond acceptors (Lipinski definition) is 4. The van der Waals surface area contributed by atoms with Crippen LogP contribution in [0, 0.1) is 0 Å². The van der Waals surface area contributed by atoms with Crippen LogP contribution in [-0.4, -0.2) is 30.5 Å². The number of hydrogen-bond donors (Lipinski definition) is 1. The summed E-state index contributed by atoms with van der Waals surface area (Å²) in [4.78, 5) is 17.6. The molecule has 5 heteroatoms. The highest BCUT2D eigenvalue weighted by Crippen LogP contribution is 2.16. The third-order valence-electron chi connectivity index (χ3n) is 2.80. The van der Waals surface area contributed by atoms with Gasteiger partial charge in [0.05, 0.1) is 6.67 Å². The molecule has 1 heterocycles. The van der Waals surface area contributed by atoms with Gasteiger partial charge in [0, 0.05) is 18.6 Å². The lowest BCUT2D eigenvalue weighted by Crippen LogP contribution is -2.40. The van der Waals surface area contributed by atoms with Crippen molar-refractivity contribution in [3.05, 3.63) is 35.9 Å². The molecule has 1 aromatic rings. The van der Waals surface area contributed by atoms with E-state index < -0.39 is 0 Å². The van der Waals surface area contributed by atoms with Gasteiger partial charge in [-0.15, -0.1) is 0 Å². The third-order valence-corrected chi connectivity index (χ3v) is 2.80. The van der Waals surface area contributed by atoms with Crippen LogP contribution in [0.5, 0.6) is 0 Å². The maximum absolute atomic E-state index is 12.1. The molecule has 0 aromatic heterocycles. The fourth-order valence-corrected chi connectivity index (χ4v) is 1.83. The zero-order valence-electron chi connectivity index (χ0n) is 10.2.